The Balaban J connectivity index is 0.000000193. The van der Waals surface area contributed by atoms with Crippen molar-refractivity contribution < 1.29 is 41.0 Å². The Morgan fingerprint density at radius 2 is 1.06 bits per heavy atom. The predicted octanol–water partition coefficient (Wildman–Crippen LogP) is 11.5. The Labute approximate surface area is 362 Å². The Morgan fingerprint density at radius 1 is 0.625 bits per heavy atom. The summed E-state index contributed by atoms with van der Waals surface area (Å²) in [5, 5.41) is 31.7. The van der Waals surface area contributed by atoms with Crippen molar-refractivity contribution in [3.8, 4) is 28.3 Å². The predicted molar refractivity (Wildman–Crippen MR) is 230 cm³/mol. The molecule has 1 amide bonds. The van der Waals surface area contributed by atoms with Gasteiger partial charge in [0, 0.05) is 45.4 Å². The van der Waals surface area contributed by atoms with Crippen LogP contribution in [0.15, 0.2) is 133 Å². The molecule has 0 bridgehead atoms. The van der Waals surface area contributed by atoms with Crippen LogP contribution in [0, 0.1) is 25.2 Å². The molecule has 2 N–H and O–H groups in total. The lowest BCUT2D eigenvalue weighted by molar-refractivity contribution is -0.138. The number of fused-ring (bicyclic) bond motifs is 2. The maximum Gasteiger partial charge on any atom is 0.416 e. The van der Waals surface area contributed by atoms with E-state index >= 15 is 0 Å². The highest BCUT2D eigenvalue weighted by Gasteiger charge is 2.31. The molecule has 9 nitrogen and oxygen atoms in total. The van der Waals surface area contributed by atoms with Crippen LogP contribution >= 0.6 is 0 Å². The number of hydrogen-bond donors (Lipinski definition) is 2. The van der Waals surface area contributed by atoms with E-state index in [0.29, 0.717) is 33.3 Å². The van der Waals surface area contributed by atoms with Gasteiger partial charge in [0.2, 0.25) is 0 Å². The second-order valence-corrected chi connectivity index (χ2v) is 14.9. The van der Waals surface area contributed by atoms with Crippen molar-refractivity contribution in [1.82, 2.24) is 24.9 Å². The number of carbonyl (C=O) groups excluding carboxylic acids is 1. The molecule has 2 heterocycles. The van der Waals surface area contributed by atoms with E-state index in [4.69, 9.17) is 10.4 Å². The third-order valence-electron chi connectivity index (χ3n) is 10.6. The van der Waals surface area contributed by atoms with Gasteiger partial charge in [0.25, 0.3) is 5.91 Å². The van der Waals surface area contributed by atoms with Crippen LogP contribution in [0.5, 0.6) is 0 Å². The smallest absolute Gasteiger partial charge is 0.416 e. The van der Waals surface area contributed by atoms with Gasteiger partial charge in [-0.15, -0.1) is 0 Å². The van der Waals surface area contributed by atoms with Crippen LogP contribution in [0.25, 0.3) is 44.1 Å². The van der Waals surface area contributed by atoms with Gasteiger partial charge < -0.3 is 10.4 Å². The van der Waals surface area contributed by atoms with Gasteiger partial charge in [-0.2, -0.15) is 41.8 Å². The van der Waals surface area contributed by atoms with Gasteiger partial charge in [-0.25, -0.2) is 4.79 Å². The van der Waals surface area contributed by atoms with Crippen LogP contribution < -0.4 is 5.32 Å². The first kappa shape index (κ1) is 44.3. The Morgan fingerprint density at radius 3 is 1.52 bits per heavy atom. The van der Waals surface area contributed by atoms with E-state index in [0.717, 1.165) is 63.1 Å². The molecule has 0 fully saturated rings. The summed E-state index contributed by atoms with van der Waals surface area (Å²) in [4.78, 5) is 23.7. The Hall–Kier alpha value is -7.73. The van der Waals surface area contributed by atoms with Crippen molar-refractivity contribution in [3.05, 3.63) is 178 Å². The quantitative estimate of drug-likeness (QED) is 0.104. The number of aromatic nitrogens is 4. The molecule has 0 atom stereocenters. The summed E-state index contributed by atoms with van der Waals surface area (Å²) in [6.07, 6.45) is -8.57. The van der Waals surface area contributed by atoms with Crippen molar-refractivity contribution in [2.75, 3.05) is 6.54 Å². The molecule has 0 saturated heterocycles. The molecule has 8 aromatic rings. The van der Waals surface area contributed by atoms with Gasteiger partial charge in [0.05, 0.1) is 42.3 Å². The summed E-state index contributed by atoms with van der Waals surface area (Å²) >= 11 is 0. The highest BCUT2D eigenvalue weighted by molar-refractivity contribution is 5.99. The molecule has 0 spiro atoms. The minimum Gasteiger partial charge on any atom is -0.478 e. The number of nitriles is 1. The SMILES string of the molecule is Cc1c2cccc(-c3cccc(C(=O)NCCC#N)c3)c2nn1Cc1cccc(C(F)(F)F)c1.Cc1c2cccc(-c3cccc(C(=O)O)c3)c2nn1Cc1cccc(C(F)(F)F)c1. The highest BCUT2D eigenvalue weighted by atomic mass is 19.4. The zero-order chi connectivity index (χ0) is 45.8. The topological polar surface area (TPSA) is 126 Å². The number of carboxylic acid groups (broad SMARTS) is 1. The molecule has 0 saturated carbocycles. The number of halogens is 6. The van der Waals surface area contributed by atoms with E-state index in [-0.39, 0.29) is 37.5 Å². The fourth-order valence-electron chi connectivity index (χ4n) is 7.35. The Bertz CT molecular complexity index is 3070. The van der Waals surface area contributed by atoms with Crippen LogP contribution in [0.4, 0.5) is 26.3 Å². The summed E-state index contributed by atoms with van der Waals surface area (Å²) in [6.45, 7) is 4.41. The van der Waals surface area contributed by atoms with Crippen LogP contribution in [0.1, 0.15) is 60.8 Å². The van der Waals surface area contributed by atoms with E-state index in [1.165, 1.54) is 18.2 Å². The van der Waals surface area contributed by atoms with Gasteiger partial charge in [0.15, 0.2) is 0 Å². The van der Waals surface area contributed by atoms with Crippen LogP contribution in [-0.2, 0) is 25.4 Å². The maximum absolute atomic E-state index is 13.1. The first-order chi connectivity index (χ1) is 30.5. The van der Waals surface area contributed by atoms with E-state index in [2.05, 4.69) is 10.4 Å². The molecule has 0 aliphatic rings. The Kier molecular flexibility index (Phi) is 12.7. The molecule has 8 rings (SSSR count). The second kappa shape index (κ2) is 18.3. The summed E-state index contributed by atoms with van der Waals surface area (Å²) in [6, 6.07) is 37.4. The zero-order valence-corrected chi connectivity index (χ0v) is 34.3. The van der Waals surface area contributed by atoms with Gasteiger partial charge >= 0.3 is 18.3 Å². The summed E-state index contributed by atoms with van der Waals surface area (Å²) in [7, 11) is 0. The number of rotatable bonds is 10. The van der Waals surface area contributed by atoms with Gasteiger partial charge in [0.1, 0.15) is 11.0 Å². The molecular weight excluding hydrogens is 835 g/mol. The number of hydrogen-bond acceptors (Lipinski definition) is 5. The van der Waals surface area contributed by atoms with Crippen molar-refractivity contribution in [1.29, 1.82) is 5.26 Å². The molecule has 2 aromatic heterocycles. The standard InChI is InChI=1S/C26H21F3N4O.C23H17F3N2O2/c1-17-22-10-4-11-23(19-7-3-8-20(15-19)25(34)31-13-5-12-30)24(22)32-33(17)16-18-6-2-9-21(14-18)26(27,28)29;1-14-19-9-4-10-20(16-6-3-7-17(12-16)22(29)30)21(19)27-28(14)13-15-5-2-8-18(11-15)23(24,25)26/h2-4,6-11,14-15H,5,13,16H2,1H3,(H,31,34);2-12H,13H2,1H3,(H,29,30). The second-order valence-electron chi connectivity index (χ2n) is 14.9. The van der Waals surface area contributed by atoms with Gasteiger partial charge in [-0.1, -0.05) is 84.9 Å². The molecular formula is C49H38F6N6O3. The minimum absolute atomic E-state index is 0.171. The number of nitrogens with one attached hydrogen (secondary N) is 1. The average Bonchev–Trinajstić information content (AvgIpc) is 3.77. The zero-order valence-electron chi connectivity index (χ0n) is 34.3. The molecule has 0 unspecified atom stereocenters. The van der Waals surface area contributed by atoms with Crippen molar-refractivity contribution in [2.24, 2.45) is 0 Å². The molecule has 0 radical (unpaired) electrons. The minimum atomic E-state index is -4.40. The lowest BCUT2D eigenvalue weighted by Crippen LogP contribution is -2.24. The van der Waals surface area contributed by atoms with E-state index in [1.807, 2.05) is 68.4 Å². The molecule has 0 aliphatic carbocycles. The molecule has 64 heavy (non-hydrogen) atoms. The summed E-state index contributed by atoms with van der Waals surface area (Å²) in [5.41, 5.74) is 6.36. The number of aromatic carboxylic acids is 1. The first-order valence-electron chi connectivity index (χ1n) is 19.9. The highest BCUT2D eigenvalue weighted by Crippen LogP contribution is 2.34. The number of aryl methyl sites for hydroxylation is 2. The van der Waals surface area contributed by atoms with Gasteiger partial charge in [-0.05, 0) is 84.6 Å². The summed E-state index contributed by atoms with van der Waals surface area (Å²) in [5.74, 6) is -1.29. The van der Waals surface area contributed by atoms with Crippen LogP contribution in [0.3, 0.4) is 0 Å². The summed E-state index contributed by atoms with van der Waals surface area (Å²) < 4.78 is 81.7. The van der Waals surface area contributed by atoms with E-state index in [1.54, 1.807) is 51.8 Å². The number of carbonyl (C=O) groups is 2. The molecule has 15 heteroatoms. The monoisotopic (exact) mass is 872 g/mol. The van der Waals surface area contributed by atoms with E-state index < -0.39 is 29.4 Å². The fourth-order valence-corrected chi connectivity index (χ4v) is 7.35. The van der Waals surface area contributed by atoms with Crippen molar-refractivity contribution in [2.45, 2.75) is 45.7 Å². The number of alkyl halides is 6. The van der Waals surface area contributed by atoms with Gasteiger partial charge in [-0.3, -0.25) is 14.2 Å². The molecule has 6 aromatic carbocycles. The number of benzene rings is 6. The lowest BCUT2D eigenvalue weighted by Gasteiger charge is -2.09. The third kappa shape index (κ3) is 9.81. The van der Waals surface area contributed by atoms with Crippen LogP contribution in [-0.4, -0.2) is 43.1 Å². The van der Waals surface area contributed by atoms with Crippen molar-refractivity contribution in [3.63, 3.8) is 0 Å². The maximum atomic E-state index is 13.1. The molecule has 0 aliphatic heterocycles. The third-order valence-corrected chi connectivity index (χ3v) is 10.6. The van der Waals surface area contributed by atoms with Crippen molar-refractivity contribution >= 4 is 33.7 Å². The first-order valence-corrected chi connectivity index (χ1v) is 19.9. The van der Waals surface area contributed by atoms with Crippen LogP contribution in [0.2, 0.25) is 0 Å². The normalized spacial score (nSPS) is 11.5. The largest absolute Gasteiger partial charge is 0.478 e. The number of carboxylic acids is 1. The number of nitrogens with zero attached hydrogens (tertiary/aromatic N) is 5. The van der Waals surface area contributed by atoms with E-state index in [9.17, 15) is 41.0 Å². The number of amides is 1. The lowest BCUT2D eigenvalue weighted by atomic mass is 10.00. The average molecular weight is 873 g/mol. The molecule has 324 valence electrons. The fraction of sp³-hybridized carbons (Fsp3) is 0.163.